The van der Waals surface area contributed by atoms with Gasteiger partial charge in [0.05, 0.1) is 5.56 Å². The van der Waals surface area contributed by atoms with Crippen LogP contribution in [0.5, 0.6) is 0 Å². The predicted octanol–water partition coefficient (Wildman–Crippen LogP) is 4.14. The molecule has 0 aliphatic rings. The molecule has 0 saturated carbocycles. The molecule has 0 unspecified atom stereocenters. The fourth-order valence-electron chi connectivity index (χ4n) is 0.868. The number of carboxylic acid groups (broad SMARTS) is 1. The van der Waals surface area contributed by atoms with Gasteiger partial charge in [-0.15, -0.1) is 0 Å². The Morgan fingerprint density at radius 3 is 2.36 bits per heavy atom. The summed E-state index contributed by atoms with van der Waals surface area (Å²) in [5.74, 6) is -0.962. The van der Waals surface area contributed by atoms with E-state index in [1.165, 1.54) is 6.07 Å². The molecule has 0 amide bonds. The van der Waals surface area contributed by atoms with Gasteiger partial charge in [0.2, 0.25) is 0 Å². The Balaban J connectivity index is 0.000000791. The molecule has 1 rings (SSSR count). The maximum Gasteiger partial charge on any atom is 0.336 e. The Morgan fingerprint density at radius 1 is 1.43 bits per heavy atom. The van der Waals surface area contributed by atoms with E-state index in [4.69, 9.17) is 16.7 Å². The molecule has 0 aliphatic carbocycles. The molecule has 1 aromatic carbocycles. The van der Waals surface area contributed by atoms with E-state index in [2.05, 4.69) is 15.9 Å². The van der Waals surface area contributed by atoms with Crippen molar-refractivity contribution in [1.29, 1.82) is 0 Å². The Morgan fingerprint density at radius 2 is 1.93 bits per heavy atom. The fraction of sp³-hybridized carbons (Fsp3) is 0.300. The van der Waals surface area contributed by atoms with Crippen molar-refractivity contribution in [2.45, 2.75) is 20.8 Å². The minimum absolute atomic E-state index is 0.231. The first-order valence-electron chi connectivity index (χ1n) is 4.21. The van der Waals surface area contributed by atoms with Crippen LogP contribution in [0.1, 0.15) is 29.8 Å². The number of hydrogen-bond acceptors (Lipinski definition) is 1. The first-order valence-corrected chi connectivity index (χ1v) is 5.38. The lowest BCUT2D eigenvalue weighted by Gasteiger charge is -2.03. The Kier molecular flexibility index (Phi) is 5.81. The van der Waals surface area contributed by atoms with Crippen LogP contribution in [0.2, 0.25) is 5.02 Å². The Hall–Kier alpha value is -0.540. The highest BCUT2D eigenvalue weighted by atomic mass is 79.9. The average Bonchev–Trinajstić information content (AvgIpc) is 2.14. The van der Waals surface area contributed by atoms with Gasteiger partial charge in [-0.05, 0) is 24.6 Å². The molecule has 0 radical (unpaired) electrons. The van der Waals surface area contributed by atoms with Crippen molar-refractivity contribution in [3.05, 3.63) is 32.8 Å². The molecule has 0 bridgehead atoms. The molecule has 0 aromatic heterocycles. The fourth-order valence-corrected chi connectivity index (χ4v) is 1.68. The van der Waals surface area contributed by atoms with Crippen LogP contribution in [0.25, 0.3) is 0 Å². The first kappa shape index (κ1) is 13.5. The quantitative estimate of drug-likeness (QED) is 0.839. The molecular weight excluding hydrogens is 267 g/mol. The highest BCUT2D eigenvalue weighted by Crippen LogP contribution is 2.24. The van der Waals surface area contributed by atoms with E-state index in [1.54, 1.807) is 13.0 Å². The second-order valence-corrected chi connectivity index (χ2v) is 3.66. The molecule has 78 valence electrons. The van der Waals surface area contributed by atoms with Crippen molar-refractivity contribution < 1.29 is 9.90 Å². The number of rotatable bonds is 1. The summed E-state index contributed by atoms with van der Waals surface area (Å²) in [7, 11) is 0. The van der Waals surface area contributed by atoms with Gasteiger partial charge in [-0.3, -0.25) is 0 Å². The van der Waals surface area contributed by atoms with Gasteiger partial charge in [-0.2, -0.15) is 0 Å². The number of carboxylic acids is 1. The molecule has 0 fully saturated rings. The number of aromatic carboxylic acids is 1. The number of carbonyl (C=O) groups is 1. The standard InChI is InChI=1S/C8H6BrClO2.C2H6/c1-4-6(8(11)12)2-5(10)3-7(4)9;1-2/h2-3H,1H3,(H,11,12);1-2H3. The van der Waals surface area contributed by atoms with Crippen LogP contribution in [0.3, 0.4) is 0 Å². The van der Waals surface area contributed by atoms with Gasteiger partial charge in [0.15, 0.2) is 0 Å². The van der Waals surface area contributed by atoms with Gasteiger partial charge in [0.1, 0.15) is 0 Å². The second-order valence-electron chi connectivity index (χ2n) is 2.37. The van der Waals surface area contributed by atoms with Gasteiger partial charge in [-0.1, -0.05) is 41.4 Å². The molecule has 4 heteroatoms. The highest BCUT2D eigenvalue weighted by Gasteiger charge is 2.10. The minimum atomic E-state index is -0.962. The number of benzene rings is 1. The van der Waals surface area contributed by atoms with Crippen molar-refractivity contribution >= 4 is 33.5 Å². The summed E-state index contributed by atoms with van der Waals surface area (Å²) in [6.07, 6.45) is 0. The number of hydrogen-bond donors (Lipinski definition) is 1. The van der Waals surface area contributed by atoms with Gasteiger partial charge in [-0.25, -0.2) is 4.79 Å². The smallest absolute Gasteiger partial charge is 0.336 e. The monoisotopic (exact) mass is 278 g/mol. The Labute approximate surface area is 97.0 Å². The van der Waals surface area contributed by atoms with Gasteiger partial charge in [0, 0.05) is 9.50 Å². The third-order valence-electron chi connectivity index (χ3n) is 1.54. The van der Waals surface area contributed by atoms with E-state index < -0.39 is 5.97 Å². The van der Waals surface area contributed by atoms with Crippen molar-refractivity contribution in [2.24, 2.45) is 0 Å². The maximum atomic E-state index is 10.6. The maximum absolute atomic E-state index is 10.6. The van der Waals surface area contributed by atoms with Crippen molar-refractivity contribution in [3.8, 4) is 0 Å². The summed E-state index contributed by atoms with van der Waals surface area (Å²) >= 11 is 8.89. The van der Waals surface area contributed by atoms with Crippen LogP contribution in [0, 0.1) is 6.92 Å². The first-order chi connectivity index (χ1) is 6.52. The zero-order valence-corrected chi connectivity index (χ0v) is 10.6. The third kappa shape index (κ3) is 3.31. The van der Waals surface area contributed by atoms with E-state index in [-0.39, 0.29) is 5.56 Å². The summed E-state index contributed by atoms with van der Waals surface area (Å²) in [5.41, 5.74) is 0.918. The normalized spacial score (nSPS) is 8.93. The van der Waals surface area contributed by atoms with Crippen LogP contribution in [0.15, 0.2) is 16.6 Å². The van der Waals surface area contributed by atoms with Gasteiger partial charge >= 0.3 is 5.97 Å². The summed E-state index contributed by atoms with van der Waals surface area (Å²) in [6, 6.07) is 3.10. The average molecular weight is 280 g/mol. The second kappa shape index (κ2) is 6.04. The minimum Gasteiger partial charge on any atom is -0.478 e. The SMILES string of the molecule is CC.Cc1c(Br)cc(Cl)cc1C(=O)O. The molecule has 1 N–H and O–H groups in total. The molecule has 0 aliphatic heterocycles. The lowest BCUT2D eigenvalue weighted by atomic mass is 10.1. The molecule has 0 atom stereocenters. The molecule has 1 aromatic rings. The summed E-state index contributed by atoms with van der Waals surface area (Å²) in [4.78, 5) is 10.6. The zero-order chi connectivity index (χ0) is 11.3. The molecule has 2 nitrogen and oxygen atoms in total. The van der Waals surface area contributed by atoms with Crippen LogP contribution in [-0.2, 0) is 0 Å². The topological polar surface area (TPSA) is 37.3 Å². The molecule has 14 heavy (non-hydrogen) atoms. The van der Waals surface area contributed by atoms with Crippen LogP contribution in [-0.4, -0.2) is 11.1 Å². The highest BCUT2D eigenvalue weighted by molar-refractivity contribution is 9.10. The summed E-state index contributed by atoms with van der Waals surface area (Å²) < 4.78 is 0.715. The molecule has 0 saturated heterocycles. The summed E-state index contributed by atoms with van der Waals surface area (Å²) in [6.45, 7) is 5.73. The van der Waals surface area contributed by atoms with Crippen molar-refractivity contribution in [3.63, 3.8) is 0 Å². The van der Waals surface area contributed by atoms with Crippen LogP contribution >= 0.6 is 27.5 Å². The third-order valence-corrected chi connectivity index (χ3v) is 2.58. The van der Waals surface area contributed by atoms with Crippen molar-refractivity contribution in [1.82, 2.24) is 0 Å². The lowest BCUT2D eigenvalue weighted by Crippen LogP contribution is -1.99. The summed E-state index contributed by atoms with van der Waals surface area (Å²) in [5, 5.41) is 9.16. The van der Waals surface area contributed by atoms with Gasteiger partial charge < -0.3 is 5.11 Å². The van der Waals surface area contributed by atoms with Crippen LogP contribution < -0.4 is 0 Å². The lowest BCUT2D eigenvalue weighted by molar-refractivity contribution is 0.0696. The Bertz CT molecular complexity index is 337. The van der Waals surface area contributed by atoms with E-state index in [9.17, 15) is 4.79 Å². The van der Waals surface area contributed by atoms with E-state index in [0.29, 0.717) is 15.1 Å². The van der Waals surface area contributed by atoms with Crippen molar-refractivity contribution in [2.75, 3.05) is 0 Å². The van der Waals surface area contributed by atoms with E-state index in [0.717, 1.165) is 0 Å². The van der Waals surface area contributed by atoms with E-state index >= 15 is 0 Å². The number of halogens is 2. The zero-order valence-electron chi connectivity index (χ0n) is 8.27. The van der Waals surface area contributed by atoms with Crippen LogP contribution in [0.4, 0.5) is 0 Å². The van der Waals surface area contributed by atoms with E-state index in [1.807, 2.05) is 13.8 Å². The van der Waals surface area contributed by atoms with Gasteiger partial charge in [0.25, 0.3) is 0 Å². The predicted molar refractivity (Wildman–Crippen MR) is 62.2 cm³/mol. The largest absolute Gasteiger partial charge is 0.478 e. The molecule has 0 heterocycles. The molecule has 0 spiro atoms. The molecular formula is C10H12BrClO2.